The van der Waals surface area contributed by atoms with Gasteiger partial charge in [-0.2, -0.15) is 4.68 Å². The van der Waals surface area contributed by atoms with Crippen molar-refractivity contribution < 1.29 is 4.39 Å². The van der Waals surface area contributed by atoms with Crippen LogP contribution in [-0.2, 0) is 0 Å². The Morgan fingerprint density at radius 1 is 1.19 bits per heavy atom. The van der Waals surface area contributed by atoms with Crippen LogP contribution in [0.1, 0.15) is 0 Å². The fourth-order valence-electron chi connectivity index (χ4n) is 1.87. The van der Waals surface area contributed by atoms with E-state index in [1.807, 2.05) is 6.07 Å². The molecule has 3 rings (SSSR count). The highest BCUT2D eigenvalue weighted by molar-refractivity contribution is 9.10. The maximum Gasteiger partial charge on any atom is 0.187 e. The van der Waals surface area contributed by atoms with Gasteiger partial charge in [0.05, 0.1) is 16.4 Å². The number of benzene rings is 2. The van der Waals surface area contributed by atoms with Crippen LogP contribution < -0.4 is 5.73 Å². The first kappa shape index (κ1) is 14.0. The van der Waals surface area contributed by atoms with Gasteiger partial charge in [0, 0.05) is 10.0 Å². The minimum atomic E-state index is -0.487. The summed E-state index contributed by atoms with van der Waals surface area (Å²) in [6.45, 7) is 0. The minimum absolute atomic E-state index is 0.0314. The lowest BCUT2D eigenvalue weighted by molar-refractivity contribution is 0.632. The van der Waals surface area contributed by atoms with Gasteiger partial charge in [0.15, 0.2) is 5.82 Å². The molecule has 0 aliphatic heterocycles. The predicted molar refractivity (Wildman–Crippen MR) is 81.7 cm³/mol. The number of hydrogen-bond acceptors (Lipinski definition) is 4. The molecule has 2 aromatic carbocycles. The predicted octanol–water partition coefficient (Wildman–Crippen LogP) is 3.47. The average molecular weight is 369 g/mol. The van der Waals surface area contributed by atoms with Crippen LogP contribution in [0.25, 0.3) is 17.1 Å². The lowest BCUT2D eigenvalue weighted by Crippen LogP contribution is -2.01. The molecule has 0 spiro atoms. The first-order valence-electron chi connectivity index (χ1n) is 5.85. The fraction of sp³-hybridized carbons (Fsp3) is 0. The van der Waals surface area contributed by atoms with Crippen molar-refractivity contribution in [1.29, 1.82) is 0 Å². The van der Waals surface area contributed by atoms with Crippen LogP contribution in [0.3, 0.4) is 0 Å². The Morgan fingerprint density at radius 2 is 2.00 bits per heavy atom. The van der Waals surface area contributed by atoms with E-state index in [1.165, 1.54) is 16.8 Å². The summed E-state index contributed by atoms with van der Waals surface area (Å²) in [7, 11) is 0. The molecule has 0 saturated heterocycles. The van der Waals surface area contributed by atoms with E-state index >= 15 is 0 Å². The normalized spacial score (nSPS) is 10.8. The number of hydrogen-bond donors (Lipinski definition) is 1. The number of nitrogen functional groups attached to an aromatic ring is 1. The quantitative estimate of drug-likeness (QED) is 0.703. The highest BCUT2D eigenvalue weighted by atomic mass is 79.9. The summed E-state index contributed by atoms with van der Waals surface area (Å²) in [5, 5.41) is 12.0. The molecule has 1 heterocycles. The third-order valence-corrected chi connectivity index (χ3v) is 3.66. The molecule has 0 radical (unpaired) electrons. The molecule has 0 bridgehead atoms. The zero-order chi connectivity index (χ0) is 15.0. The second-order valence-electron chi connectivity index (χ2n) is 4.25. The Hall–Kier alpha value is -1.99. The van der Waals surface area contributed by atoms with Crippen LogP contribution in [0.15, 0.2) is 40.9 Å². The molecule has 0 saturated carbocycles. The number of anilines is 1. The highest BCUT2D eigenvalue weighted by Gasteiger charge is 2.14. The van der Waals surface area contributed by atoms with Gasteiger partial charge in [0.2, 0.25) is 0 Å². The summed E-state index contributed by atoms with van der Waals surface area (Å²) in [5.74, 6) is -0.0645. The number of nitrogens with zero attached hydrogens (tertiary/aromatic N) is 4. The number of aromatic nitrogens is 4. The Morgan fingerprint density at radius 3 is 2.71 bits per heavy atom. The van der Waals surface area contributed by atoms with Crippen LogP contribution in [-0.4, -0.2) is 20.2 Å². The fourth-order valence-corrected chi connectivity index (χ4v) is 2.62. The Labute approximate surface area is 132 Å². The Bertz CT molecular complexity index is 820. The van der Waals surface area contributed by atoms with E-state index in [2.05, 4.69) is 31.5 Å². The van der Waals surface area contributed by atoms with Gasteiger partial charge < -0.3 is 5.73 Å². The van der Waals surface area contributed by atoms with E-state index < -0.39 is 5.82 Å². The van der Waals surface area contributed by atoms with Gasteiger partial charge in [-0.1, -0.05) is 27.5 Å². The molecule has 1 aromatic heterocycles. The van der Waals surface area contributed by atoms with Gasteiger partial charge in [0.1, 0.15) is 5.82 Å². The number of tetrazole rings is 1. The minimum Gasteiger partial charge on any atom is -0.396 e. The van der Waals surface area contributed by atoms with Crippen LogP contribution in [0, 0.1) is 5.82 Å². The second-order valence-corrected chi connectivity index (χ2v) is 5.57. The van der Waals surface area contributed by atoms with Gasteiger partial charge in [-0.3, -0.25) is 0 Å². The zero-order valence-corrected chi connectivity index (χ0v) is 12.8. The summed E-state index contributed by atoms with van der Waals surface area (Å²) < 4.78 is 15.6. The lowest BCUT2D eigenvalue weighted by Gasteiger charge is -2.07. The molecule has 0 fully saturated rings. The van der Waals surface area contributed by atoms with Gasteiger partial charge in [0.25, 0.3) is 0 Å². The number of nitrogens with two attached hydrogens (primary N) is 1. The van der Waals surface area contributed by atoms with Crippen molar-refractivity contribution in [2.75, 3.05) is 5.73 Å². The molecule has 3 aromatic rings. The van der Waals surface area contributed by atoms with Crippen LogP contribution >= 0.6 is 27.5 Å². The van der Waals surface area contributed by atoms with E-state index in [0.717, 1.165) is 4.47 Å². The van der Waals surface area contributed by atoms with Crippen molar-refractivity contribution >= 4 is 33.2 Å². The van der Waals surface area contributed by atoms with E-state index in [1.54, 1.807) is 18.2 Å². The van der Waals surface area contributed by atoms with Gasteiger partial charge in [-0.05, 0) is 46.8 Å². The topological polar surface area (TPSA) is 69.6 Å². The maximum atomic E-state index is 13.3. The molecule has 21 heavy (non-hydrogen) atoms. The second kappa shape index (κ2) is 5.42. The van der Waals surface area contributed by atoms with Crippen molar-refractivity contribution in [2.45, 2.75) is 0 Å². The van der Waals surface area contributed by atoms with Crippen LogP contribution in [0.5, 0.6) is 0 Å². The van der Waals surface area contributed by atoms with E-state index in [9.17, 15) is 4.39 Å². The zero-order valence-electron chi connectivity index (χ0n) is 10.5. The van der Waals surface area contributed by atoms with Crippen molar-refractivity contribution in [3.8, 4) is 17.1 Å². The van der Waals surface area contributed by atoms with Crippen molar-refractivity contribution in [3.05, 3.63) is 51.7 Å². The third kappa shape index (κ3) is 2.62. The monoisotopic (exact) mass is 367 g/mol. The summed E-state index contributed by atoms with van der Waals surface area (Å²) >= 11 is 9.54. The van der Waals surface area contributed by atoms with Crippen molar-refractivity contribution in [3.63, 3.8) is 0 Å². The molecule has 0 unspecified atom stereocenters. The molecular weight excluding hydrogens is 361 g/mol. The standard InChI is InChI=1S/C13H8BrClFN5/c14-8-2-4-12(9(15)6-8)21-13(18-19-20-21)7-1-3-10(16)11(17)5-7/h1-6H,17H2. The van der Waals surface area contributed by atoms with Gasteiger partial charge in [-0.25, -0.2) is 4.39 Å². The molecule has 0 aliphatic carbocycles. The first-order chi connectivity index (χ1) is 10.1. The van der Waals surface area contributed by atoms with E-state index in [0.29, 0.717) is 22.1 Å². The molecule has 2 N–H and O–H groups in total. The summed E-state index contributed by atoms with van der Waals surface area (Å²) in [4.78, 5) is 0. The lowest BCUT2D eigenvalue weighted by atomic mass is 10.2. The third-order valence-electron chi connectivity index (χ3n) is 2.86. The SMILES string of the molecule is Nc1cc(-c2nnnn2-c2ccc(Br)cc2Cl)ccc1F. The smallest absolute Gasteiger partial charge is 0.187 e. The average Bonchev–Trinajstić information content (AvgIpc) is 2.91. The van der Waals surface area contributed by atoms with Crippen molar-refractivity contribution in [1.82, 2.24) is 20.2 Å². The molecule has 0 aliphatic rings. The molecular formula is C13H8BrClFN5. The summed E-state index contributed by atoms with van der Waals surface area (Å²) in [5.41, 5.74) is 6.82. The maximum absolute atomic E-state index is 13.3. The molecule has 5 nitrogen and oxygen atoms in total. The van der Waals surface area contributed by atoms with Gasteiger partial charge >= 0.3 is 0 Å². The van der Waals surface area contributed by atoms with Gasteiger partial charge in [-0.15, -0.1) is 5.10 Å². The molecule has 0 amide bonds. The highest BCUT2D eigenvalue weighted by Crippen LogP contribution is 2.28. The van der Waals surface area contributed by atoms with Crippen LogP contribution in [0.2, 0.25) is 5.02 Å². The Balaban J connectivity index is 2.14. The summed E-state index contributed by atoms with van der Waals surface area (Å²) in [6, 6.07) is 9.64. The summed E-state index contributed by atoms with van der Waals surface area (Å²) in [6.07, 6.45) is 0. The van der Waals surface area contributed by atoms with E-state index in [-0.39, 0.29) is 5.69 Å². The molecule has 106 valence electrons. The molecule has 8 heteroatoms. The first-order valence-corrected chi connectivity index (χ1v) is 7.02. The van der Waals surface area contributed by atoms with Crippen molar-refractivity contribution in [2.24, 2.45) is 0 Å². The Kier molecular flexibility index (Phi) is 3.60. The number of halogens is 3. The largest absolute Gasteiger partial charge is 0.396 e. The van der Waals surface area contributed by atoms with E-state index in [4.69, 9.17) is 17.3 Å². The molecule has 0 atom stereocenters. The van der Waals surface area contributed by atoms with Crippen LogP contribution in [0.4, 0.5) is 10.1 Å². The number of rotatable bonds is 2.